The standard InChI is InChI=1S/C31H40Cl2FN5O7/c1-21(29-25(32)2-3-26(34)30(29)33)46-27-16-22(17-36-31(27)35)23-18-37-39(19-23)24-4-6-38(7-5-24)28(41)20-45-15-14-44-13-12-43-11-10-42-9-8-40/h2-3,16-19,21,24,40H,4-15,20H2,1H3,(H2,35,36)/t21-/m1/s1. The van der Waals surface area contributed by atoms with Gasteiger partial charge in [-0.1, -0.05) is 23.2 Å². The number of anilines is 1. The largest absolute Gasteiger partial charge is 0.482 e. The Morgan fingerprint density at radius 3 is 2.35 bits per heavy atom. The van der Waals surface area contributed by atoms with Crippen LogP contribution in [0.1, 0.15) is 37.5 Å². The molecule has 12 nitrogen and oxygen atoms in total. The predicted molar refractivity (Wildman–Crippen MR) is 171 cm³/mol. The lowest BCUT2D eigenvalue weighted by Crippen LogP contribution is -2.41. The summed E-state index contributed by atoms with van der Waals surface area (Å²) in [4.78, 5) is 18.7. The minimum absolute atomic E-state index is 0.00340. The first-order valence-electron chi connectivity index (χ1n) is 15.1. The molecule has 1 fully saturated rings. The molecule has 2 aromatic heterocycles. The van der Waals surface area contributed by atoms with Crippen molar-refractivity contribution in [2.75, 3.05) is 78.3 Å². The maximum Gasteiger partial charge on any atom is 0.248 e. The second-order valence-corrected chi connectivity index (χ2v) is 11.3. The summed E-state index contributed by atoms with van der Waals surface area (Å²) in [6.45, 7) is 5.61. The Kier molecular flexibility index (Phi) is 14.3. The molecule has 46 heavy (non-hydrogen) atoms. The highest BCUT2D eigenvalue weighted by Gasteiger charge is 2.25. The number of likely N-dealkylation sites (tertiary alicyclic amines) is 1. The number of amides is 1. The molecular weight excluding hydrogens is 644 g/mol. The highest BCUT2D eigenvalue weighted by Crippen LogP contribution is 2.37. The van der Waals surface area contributed by atoms with Crippen LogP contribution in [0.5, 0.6) is 5.75 Å². The van der Waals surface area contributed by atoms with Crippen molar-refractivity contribution in [2.45, 2.75) is 31.9 Å². The quantitative estimate of drug-likeness (QED) is 0.147. The summed E-state index contributed by atoms with van der Waals surface area (Å²) in [5.41, 5.74) is 7.97. The summed E-state index contributed by atoms with van der Waals surface area (Å²) in [5, 5.41) is 13.4. The molecule has 3 heterocycles. The number of ether oxygens (including phenoxy) is 5. The third-order valence-corrected chi connectivity index (χ3v) is 8.09. The van der Waals surface area contributed by atoms with E-state index in [1.54, 1.807) is 30.3 Å². The van der Waals surface area contributed by atoms with Crippen LogP contribution < -0.4 is 10.5 Å². The van der Waals surface area contributed by atoms with Crippen LogP contribution in [0, 0.1) is 5.82 Å². The van der Waals surface area contributed by atoms with Crippen molar-refractivity contribution < 1.29 is 38.0 Å². The van der Waals surface area contributed by atoms with Crippen molar-refractivity contribution in [3.8, 4) is 16.9 Å². The maximum atomic E-state index is 14.1. The summed E-state index contributed by atoms with van der Waals surface area (Å²) in [6, 6.07) is 4.51. The molecule has 0 unspecified atom stereocenters. The van der Waals surface area contributed by atoms with E-state index in [9.17, 15) is 9.18 Å². The number of nitrogens with zero attached hydrogens (tertiary/aromatic N) is 4. The van der Waals surface area contributed by atoms with Crippen molar-refractivity contribution in [2.24, 2.45) is 0 Å². The zero-order valence-electron chi connectivity index (χ0n) is 25.7. The molecule has 15 heteroatoms. The monoisotopic (exact) mass is 683 g/mol. The fourth-order valence-electron chi connectivity index (χ4n) is 4.91. The molecule has 3 N–H and O–H groups in total. The van der Waals surface area contributed by atoms with Gasteiger partial charge >= 0.3 is 0 Å². The Balaban J connectivity index is 1.19. The molecule has 0 bridgehead atoms. The molecule has 0 aliphatic carbocycles. The lowest BCUT2D eigenvalue weighted by molar-refractivity contribution is -0.138. The fourth-order valence-corrected chi connectivity index (χ4v) is 5.59. The molecule has 1 atom stereocenters. The van der Waals surface area contributed by atoms with Crippen LogP contribution in [-0.2, 0) is 23.7 Å². The molecule has 1 aromatic carbocycles. The van der Waals surface area contributed by atoms with Crippen LogP contribution >= 0.6 is 23.2 Å². The topological polar surface area (TPSA) is 143 Å². The normalized spacial score (nSPS) is 14.5. The van der Waals surface area contributed by atoms with E-state index in [-0.39, 0.29) is 41.0 Å². The van der Waals surface area contributed by atoms with Crippen LogP contribution in [0.25, 0.3) is 11.1 Å². The Labute approximate surface area is 277 Å². The zero-order valence-corrected chi connectivity index (χ0v) is 27.2. The van der Waals surface area contributed by atoms with Crippen molar-refractivity contribution in [3.63, 3.8) is 0 Å². The van der Waals surface area contributed by atoms with E-state index in [0.29, 0.717) is 70.7 Å². The highest BCUT2D eigenvalue weighted by atomic mass is 35.5. The molecular formula is C31H40Cl2FN5O7. The van der Waals surface area contributed by atoms with E-state index in [1.807, 2.05) is 10.9 Å². The van der Waals surface area contributed by atoms with Crippen molar-refractivity contribution >= 4 is 34.9 Å². The van der Waals surface area contributed by atoms with E-state index in [4.69, 9.17) is 57.7 Å². The van der Waals surface area contributed by atoms with Gasteiger partial charge in [0.25, 0.3) is 0 Å². The number of piperidine rings is 1. The zero-order chi connectivity index (χ0) is 32.9. The summed E-state index contributed by atoms with van der Waals surface area (Å²) in [5.74, 6) is -0.171. The number of halogens is 3. The molecule has 0 radical (unpaired) electrons. The van der Waals surface area contributed by atoms with Gasteiger partial charge in [0.1, 0.15) is 18.5 Å². The lowest BCUT2D eigenvalue weighted by atomic mass is 10.1. The van der Waals surface area contributed by atoms with Crippen molar-refractivity contribution in [1.29, 1.82) is 0 Å². The molecule has 1 amide bonds. The number of nitrogen functional groups attached to an aromatic ring is 1. The van der Waals surface area contributed by atoms with Gasteiger partial charge in [0.05, 0.1) is 70.1 Å². The summed E-state index contributed by atoms with van der Waals surface area (Å²) >= 11 is 12.4. The average molecular weight is 685 g/mol. The summed E-state index contributed by atoms with van der Waals surface area (Å²) in [7, 11) is 0. The SMILES string of the molecule is C[C@@H](Oc1cc(-c2cnn(C3CCN(C(=O)COCCOCCOCCOCCO)CC3)c2)cnc1N)c1c(Cl)ccc(F)c1Cl. The number of aliphatic hydroxyl groups excluding tert-OH is 1. The predicted octanol–water partition coefficient (Wildman–Crippen LogP) is 4.34. The van der Waals surface area contributed by atoms with Crippen molar-refractivity contribution in [1.82, 2.24) is 19.7 Å². The van der Waals surface area contributed by atoms with Gasteiger partial charge in [-0.2, -0.15) is 5.10 Å². The van der Waals surface area contributed by atoms with Gasteiger partial charge in [-0.05, 0) is 38.0 Å². The molecule has 252 valence electrons. The first kappa shape index (κ1) is 35.8. The van der Waals surface area contributed by atoms with Crippen LogP contribution in [0.3, 0.4) is 0 Å². The number of hydrogen-bond donors (Lipinski definition) is 2. The molecule has 1 aliphatic rings. The Bertz CT molecular complexity index is 1410. The first-order valence-corrected chi connectivity index (χ1v) is 15.8. The van der Waals surface area contributed by atoms with Gasteiger partial charge in [0, 0.05) is 47.2 Å². The fraction of sp³-hybridized carbons (Fsp3) is 0.516. The van der Waals surface area contributed by atoms with Gasteiger partial charge in [0.2, 0.25) is 5.91 Å². The van der Waals surface area contributed by atoms with E-state index in [0.717, 1.165) is 24.0 Å². The molecule has 0 spiro atoms. The van der Waals surface area contributed by atoms with Crippen LogP contribution in [0.15, 0.2) is 36.8 Å². The number of benzene rings is 1. The Morgan fingerprint density at radius 2 is 1.67 bits per heavy atom. The molecule has 4 rings (SSSR count). The van der Waals surface area contributed by atoms with Gasteiger partial charge in [-0.3, -0.25) is 9.48 Å². The Hall–Kier alpha value is -3.04. The van der Waals surface area contributed by atoms with E-state index >= 15 is 0 Å². The maximum absolute atomic E-state index is 14.1. The lowest BCUT2D eigenvalue weighted by Gasteiger charge is -2.32. The molecule has 3 aromatic rings. The molecule has 1 saturated heterocycles. The van der Waals surface area contributed by atoms with Crippen LogP contribution in [-0.4, -0.2) is 103 Å². The molecule has 0 saturated carbocycles. The Morgan fingerprint density at radius 1 is 1.02 bits per heavy atom. The third kappa shape index (κ3) is 10.2. The number of aromatic nitrogens is 3. The number of hydrogen-bond acceptors (Lipinski definition) is 10. The number of pyridine rings is 1. The van der Waals surface area contributed by atoms with E-state index in [1.165, 1.54) is 12.1 Å². The van der Waals surface area contributed by atoms with Crippen LogP contribution in [0.4, 0.5) is 10.2 Å². The van der Waals surface area contributed by atoms with Gasteiger partial charge in [-0.15, -0.1) is 0 Å². The number of carbonyl (C=O) groups excluding carboxylic acids is 1. The number of carbonyl (C=O) groups is 1. The van der Waals surface area contributed by atoms with E-state index in [2.05, 4.69) is 10.1 Å². The second-order valence-electron chi connectivity index (χ2n) is 10.6. The highest BCUT2D eigenvalue weighted by molar-refractivity contribution is 6.36. The minimum Gasteiger partial charge on any atom is -0.482 e. The number of rotatable bonds is 18. The minimum atomic E-state index is -0.690. The summed E-state index contributed by atoms with van der Waals surface area (Å²) < 4.78 is 43.4. The number of nitrogens with two attached hydrogens (primary N) is 1. The van der Waals surface area contributed by atoms with Crippen molar-refractivity contribution in [3.05, 3.63) is 58.2 Å². The molecule has 1 aliphatic heterocycles. The smallest absolute Gasteiger partial charge is 0.248 e. The third-order valence-electron chi connectivity index (χ3n) is 7.37. The van der Waals surface area contributed by atoms with Gasteiger partial charge < -0.3 is 39.4 Å². The van der Waals surface area contributed by atoms with Gasteiger partial charge in [0.15, 0.2) is 11.6 Å². The second kappa shape index (κ2) is 18.3. The van der Waals surface area contributed by atoms with Gasteiger partial charge in [-0.25, -0.2) is 9.37 Å². The first-order chi connectivity index (χ1) is 22.3. The number of aliphatic hydroxyl groups is 1. The average Bonchev–Trinajstić information content (AvgIpc) is 3.55. The summed E-state index contributed by atoms with van der Waals surface area (Å²) in [6.07, 6.45) is 6.12. The van der Waals surface area contributed by atoms with Crippen LogP contribution in [0.2, 0.25) is 10.0 Å². The van der Waals surface area contributed by atoms with E-state index < -0.39 is 11.9 Å².